The summed E-state index contributed by atoms with van der Waals surface area (Å²) in [5.41, 5.74) is 5.96. The summed E-state index contributed by atoms with van der Waals surface area (Å²) < 4.78 is 0. The highest BCUT2D eigenvalue weighted by molar-refractivity contribution is 5.88. The van der Waals surface area contributed by atoms with E-state index in [0.29, 0.717) is 12.0 Å². The molecule has 5 rings (SSSR count). The van der Waals surface area contributed by atoms with Gasteiger partial charge in [0.15, 0.2) is 0 Å². The minimum Gasteiger partial charge on any atom is -0.369 e. The normalized spacial score (nSPS) is 14.9. The van der Waals surface area contributed by atoms with Crippen LogP contribution in [-0.4, -0.2) is 51.9 Å². The minimum absolute atomic E-state index is 0.0911. The van der Waals surface area contributed by atoms with Gasteiger partial charge in [-0.25, -0.2) is 9.97 Å². The first-order chi connectivity index (χ1) is 17.5. The topological polar surface area (TPSA) is 89.2 Å². The largest absolute Gasteiger partial charge is 0.369 e. The Morgan fingerprint density at radius 2 is 1.67 bits per heavy atom. The van der Waals surface area contributed by atoms with Gasteiger partial charge in [-0.15, -0.1) is 0 Å². The zero-order valence-corrected chi connectivity index (χ0v) is 20.6. The van der Waals surface area contributed by atoms with Crippen LogP contribution >= 0.6 is 0 Å². The number of hydrogen-bond acceptors (Lipinski definition) is 6. The molecule has 2 aromatic heterocycles. The number of rotatable bonds is 7. The molecule has 1 fully saturated rings. The van der Waals surface area contributed by atoms with Gasteiger partial charge in [-0.1, -0.05) is 12.1 Å². The summed E-state index contributed by atoms with van der Waals surface area (Å²) in [7, 11) is 0. The Hall–Kier alpha value is -4.17. The van der Waals surface area contributed by atoms with Gasteiger partial charge in [-0.2, -0.15) is 0 Å². The van der Waals surface area contributed by atoms with Gasteiger partial charge in [-0.05, 0) is 61.5 Å². The van der Waals surface area contributed by atoms with Gasteiger partial charge < -0.3 is 20.5 Å². The van der Waals surface area contributed by atoms with Crippen LogP contribution in [0.3, 0.4) is 0 Å². The van der Waals surface area contributed by atoms with Crippen LogP contribution in [0.25, 0.3) is 11.3 Å². The Kier molecular flexibility index (Phi) is 6.95. The molecule has 1 saturated heterocycles. The standard InChI is InChI=1S/C28H31N7O/c1-20(26-4-3-14-29-26)34-16-18-35(19-17-34)25-11-9-24(10-12-25)32-28-30-15-13-27(33-28)22-5-7-23(8-6-22)31-21(2)36/h3-15,20,29H,16-19H2,1-2H3,(H,31,36)(H,30,32,33). The molecule has 3 heterocycles. The average Bonchev–Trinajstić information content (AvgIpc) is 3.44. The van der Waals surface area contributed by atoms with Gasteiger partial charge in [0.25, 0.3) is 0 Å². The number of nitrogens with zero attached hydrogens (tertiary/aromatic N) is 4. The van der Waals surface area contributed by atoms with Crippen molar-refractivity contribution in [3.05, 3.63) is 84.8 Å². The molecule has 8 heteroatoms. The van der Waals surface area contributed by atoms with Crippen molar-refractivity contribution in [1.29, 1.82) is 0 Å². The summed E-state index contributed by atoms with van der Waals surface area (Å²) in [6.07, 6.45) is 3.74. The predicted molar refractivity (Wildman–Crippen MR) is 144 cm³/mol. The van der Waals surface area contributed by atoms with Gasteiger partial charge >= 0.3 is 0 Å². The summed E-state index contributed by atoms with van der Waals surface area (Å²) in [4.78, 5) is 28.6. The molecule has 36 heavy (non-hydrogen) atoms. The van der Waals surface area contributed by atoms with Crippen LogP contribution in [0.4, 0.5) is 23.0 Å². The van der Waals surface area contributed by atoms with Crippen molar-refractivity contribution in [2.75, 3.05) is 41.7 Å². The summed E-state index contributed by atoms with van der Waals surface area (Å²) in [6, 6.07) is 22.5. The Labute approximate surface area is 211 Å². The highest BCUT2D eigenvalue weighted by Crippen LogP contribution is 2.25. The van der Waals surface area contributed by atoms with Crippen molar-refractivity contribution in [2.24, 2.45) is 0 Å². The number of nitrogens with one attached hydrogen (secondary N) is 3. The van der Waals surface area contributed by atoms with Crippen LogP contribution in [0.2, 0.25) is 0 Å². The Morgan fingerprint density at radius 3 is 2.33 bits per heavy atom. The van der Waals surface area contributed by atoms with E-state index in [0.717, 1.165) is 48.8 Å². The maximum Gasteiger partial charge on any atom is 0.227 e. The number of H-pyrrole nitrogens is 1. The lowest BCUT2D eigenvalue weighted by Gasteiger charge is -2.39. The van der Waals surface area contributed by atoms with E-state index in [1.807, 2.05) is 36.5 Å². The fourth-order valence-corrected chi connectivity index (χ4v) is 4.56. The van der Waals surface area contributed by atoms with Crippen LogP contribution in [-0.2, 0) is 4.79 Å². The summed E-state index contributed by atoms with van der Waals surface area (Å²) in [5, 5.41) is 6.09. The van der Waals surface area contributed by atoms with Crippen LogP contribution in [0.5, 0.6) is 0 Å². The number of aromatic nitrogens is 3. The molecule has 2 aromatic carbocycles. The van der Waals surface area contributed by atoms with Crippen molar-refractivity contribution < 1.29 is 4.79 Å². The van der Waals surface area contributed by atoms with Crippen molar-refractivity contribution >= 4 is 28.9 Å². The van der Waals surface area contributed by atoms with Crippen LogP contribution in [0.1, 0.15) is 25.6 Å². The van der Waals surface area contributed by atoms with Crippen molar-refractivity contribution in [2.45, 2.75) is 19.9 Å². The van der Waals surface area contributed by atoms with Gasteiger partial charge in [0, 0.05) is 79.9 Å². The highest BCUT2D eigenvalue weighted by atomic mass is 16.1. The average molecular weight is 482 g/mol. The summed E-state index contributed by atoms with van der Waals surface area (Å²) in [6.45, 7) is 7.84. The number of anilines is 4. The molecule has 1 aliphatic heterocycles. The molecule has 0 radical (unpaired) electrons. The minimum atomic E-state index is -0.0911. The second-order valence-corrected chi connectivity index (χ2v) is 9.02. The summed E-state index contributed by atoms with van der Waals surface area (Å²) in [5.74, 6) is 0.449. The van der Waals surface area contributed by atoms with E-state index in [2.05, 4.69) is 78.7 Å². The van der Waals surface area contributed by atoms with Crippen LogP contribution in [0, 0.1) is 0 Å². The maximum atomic E-state index is 11.2. The summed E-state index contributed by atoms with van der Waals surface area (Å²) >= 11 is 0. The third kappa shape index (κ3) is 5.55. The fourth-order valence-electron chi connectivity index (χ4n) is 4.56. The molecule has 8 nitrogen and oxygen atoms in total. The molecule has 0 aliphatic carbocycles. The first-order valence-corrected chi connectivity index (χ1v) is 12.3. The smallest absolute Gasteiger partial charge is 0.227 e. The van der Waals surface area contributed by atoms with Gasteiger partial charge in [0.05, 0.1) is 5.69 Å². The Morgan fingerprint density at radius 1 is 0.944 bits per heavy atom. The molecular weight excluding hydrogens is 450 g/mol. The third-order valence-corrected chi connectivity index (χ3v) is 6.58. The second kappa shape index (κ2) is 10.6. The number of carbonyl (C=O) groups excluding carboxylic acids is 1. The molecule has 3 N–H and O–H groups in total. The molecule has 0 saturated carbocycles. The molecule has 0 bridgehead atoms. The lowest BCUT2D eigenvalue weighted by molar-refractivity contribution is -0.114. The van der Waals surface area contributed by atoms with Crippen LogP contribution < -0.4 is 15.5 Å². The Balaban J connectivity index is 1.19. The Bertz CT molecular complexity index is 1280. The van der Waals surface area contributed by atoms with Gasteiger partial charge in [0.2, 0.25) is 11.9 Å². The second-order valence-electron chi connectivity index (χ2n) is 9.02. The number of amides is 1. The number of carbonyl (C=O) groups is 1. The monoisotopic (exact) mass is 481 g/mol. The molecule has 4 aromatic rings. The lowest BCUT2D eigenvalue weighted by atomic mass is 10.1. The van der Waals surface area contributed by atoms with E-state index in [4.69, 9.17) is 0 Å². The lowest BCUT2D eigenvalue weighted by Crippen LogP contribution is -2.47. The van der Waals surface area contributed by atoms with E-state index in [-0.39, 0.29) is 5.91 Å². The van der Waals surface area contributed by atoms with Crippen molar-refractivity contribution in [3.8, 4) is 11.3 Å². The first kappa shape index (κ1) is 23.6. The third-order valence-electron chi connectivity index (χ3n) is 6.58. The SMILES string of the molecule is CC(=O)Nc1ccc(-c2ccnc(Nc3ccc(N4CCN(C(C)c5ccc[nH]5)CC4)cc3)n2)cc1. The first-order valence-electron chi connectivity index (χ1n) is 12.3. The molecule has 1 amide bonds. The zero-order chi connectivity index (χ0) is 24.9. The maximum absolute atomic E-state index is 11.2. The molecular formula is C28H31N7O. The number of benzene rings is 2. The van der Waals surface area contributed by atoms with Crippen LogP contribution in [0.15, 0.2) is 79.1 Å². The number of aromatic amines is 1. The van der Waals surface area contributed by atoms with Gasteiger partial charge in [-0.3, -0.25) is 9.69 Å². The zero-order valence-electron chi connectivity index (χ0n) is 20.6. The molecule has 1 aliphatic rings. The van der Waals surface area contributed by atoms with E-state index < -0.39 is 0 Å². The molecule has 1 atom stereocenters. The van der Waals surface area contributed by atoms with Crippen molar-refractivity contribution in [1.82, 2.24) is 19.9 Å². The predicted octanol–water partition coefficient (Wildman–Crippen LogP) is 5.06. The van der Waals surface area contributed by atoms with E-state index in [9.17, 15) is 4.79 Å². The quantitative estimate of drug-likeness (QED) is 0.342. The van der Waals surface area contributed by atoms with Gasteiger partial charge in [0.1, 0.15) is 0 Å². The molecule has 1 unspecified atom stereocenters. The fraction of sp³-hybridized carbons (Fsp3) is 0.250. The van der Waals surface area contributed by atoms with E-state index in [1.165, 1.54) is 18.3 Å². The van der Waals surface area contributed by atoms with Crippen molar-refractivity contribution in [3.63, 3.8) is 0 Å². The highest BCUT2D eigenvalue weighted by Gasteiger charge is 2.22. The number of piperazine rings is 1. The molecule has 184 valence electrons. The molecule has 0 spiro atoms. The van der Waals surface area contributed by atoms with E-state index in [1.54, 1.807) is 6.20 Å². The number of hydrogen-bond donors (Lipinski definition) is 3. The van der Waals surface area contributed by atoms with E-state index >= 15 is 0 Å².